The molecule has 1 aromatic rings. The second kappa shape index (κ2) is 7.44. The molecule has 0 radical (unpaired) electrons. The van der Waals surface area contributed by atoms with Crippen LogP contribution in [0.3, 0.4) is 0 Å². The molecule has 0 aliphatic heterocycles. The molecule has 1 rings (SSSR count). The lowest BCUT2D eigenvalue weighted by molar-refractivity contribution is -0.384. The highest BCUT2D eigenvalue weighted by Crippen LogP contribution is 2.29. The van der Waals surface area contributed by atoms with Gasteiger partial charge < -0.3 is 14.4 Å². The lowest BCUT2D eigenvalue weighted by Gasteiger charge is -2.23. The number of nitro groups is 1. The molecule has 114 valence electrons. The third-order valence-electron chi connectivity index (χ3n) is 2.58. The molecule has 8 nitrogen and oxygen atoms in total. The smallest absolute Gasteiger partial charge is 0.325 e. The van der Waals surface area contributed by atoms with E-state index in [1.807, 2.05) is 0 Å². The van der Waals surface area contributed by atoms with Crippen LogP contribution in [0.15, 0.2) is 18.2 Å². The third kappa shape index (κ3) is 4.60. The van der Waals surface area contributed by atoms with Gasteiger partial charge in [0.1, 0.15) is 13.1 Å². The van der Waals surface area contributed by atoms with Gasteiger partial charge in [-0.05, 0) is 6.07 Å². The molecule has 0 saturated heterocycles. The summed E-state index contributed by atoms with van der Waals surface area (Å²) in [4.78, 5) is 34.1. The summed E-state index contributed by atoms with van der Waals surface area (Å²) < 4.78 is 9.07. The van der Waals surface area contributed by atoms with Gasteiger partial charge in [0, 0.05) is 12.1 Å². The number of hydrogen-bond acceptors (Lipinski definition) is 7. The van der Waals surface area contributed by atoms with Gasteiger partial charge in [0.05, 0.1) is 29.9 Å². The van der Waals surface area contributed by atoms with Gasteiger partial charge in [-0.25, -0.2) is 0 Å². The molecule has 0 atom stereocenters. The summed E-state index contributed by atoms with van der Waals surface area (Å²) in [5.74, 6) is -1.18. The van der Waals surface area contributed by atoms with Crippen molar-refractivity contribution in [2.45, 2.75) is 0 Å². The first-order chi connectivity index (χ1) is 9.88. The number of nitrogens with zero attached hydrogens (tertiary/aromatic N) is 2. The maximum atomic E-state index is 11.4. The van der Waals surface area contributed by atoms with E-state index in [2.05, 4.69) is 9.47 Å². The molecule has 0 heterocycles. The van der Waals surface area contributed by atoms with Crippen molar-refractivity contribution in [2.75, 3.05) is 32.2 Å². The average molecular weight is 317 g/mol. The zero-order chi connectivity index (χ0) is 16.0. The highest BCUT2D eigenvalue weighted by molar-refractivity contribution is 6.33. The predicted octanol–water partition coefficient (Wildman–Crippen LogP) is 1.40. The van der Waals surface area contributed by atoms with Gasteiger partial charge >= 0.3 is 11.9 Å². The Labute approximate surface area is 125 Å². The Bertz CT molecular complexity index is 545. The van der Waals surface area contributed by atoms with Crippen LogP contribution in [0.5, 0.6) is 0 Å². The second-order valence-electron chi connectivity index (χ2n) is 3.90. The Hall–Kier alpha value is -2.35. The van der Waals surface area contributed by atoms with E-state index >= 15 is 0 Å². The Balaban J connectivity index is 3.09. The summed E-state index contributed by atoms with van der Waals surface area (Å²) in [6.07, 6.45) is 0. The van der Waals surface area contributed by atoms with Gasteiger partial charge in [-0.15, -0.1) is 0 Å². The van der Waals surface area contributed by atoms with Gasteiger partial charge in [0.15, 0.2) is 0 Å². The number of hydrogen-bond donors (Lipinski definition) is 0. The van der Waals surface area contributed by atoms with E-state index in [4.69, 9.17) is 11.6 Å². The highest BCUT2D eigenvalue weighted by atomic mass is 35.5. The molecule has 21 heavy (non-hydrogen) atoms. The molecule has 1 aromatic carbocycles. The Morgan fingerprint density at radius 2 is 1.76 bits per heavy atom. The number of non-ortho nitro benzene ring substituents is 1. The van der Waals surface area contributed by atoms with Crippen LogP contribution in [-0.4, -0.2) is 44.2 Å². The summed E-state index contributed by atoms with van der Waals surface area (Å²) in [5.41, 5.74) is 0.0953. The van der Waals surface area contributed by atoms with Crippen molar-refractivity contribution in [3.8, 4) is 0 Å². The fourth-order valence-electron chi connectivity index (χ4n) is 1.53. The van der Waals surface area contributed by atoms with Crippen molar-refractivity contribution >= 4 is 34.9 Å². The van der Waals surface area contributed by atoms with Crippen molar-refractivity contribution in [1.29, 1.82) is 0 Å². The summed E-state index contributed by atoms with van der Waals surface area (Å²) >= 11 is 5.97. The van der Waals surface area contributed by atoms with Gasteiger partial charge in [-0.3, -0.25) is 19.7 Å². The summed E-state index contributed by atoms with van der Waals surface area (Å²) in [6.45, 7) is -0.494. The molecule has 0 amide bonds. The summed E-state index contributed by atoms with van der Waals surface area (Å²) in [7, 11) is 2.41. The van der Waals surface area contributed by atoms with E-state index in [1.54, 1.807) is 0 Å². The molecule has 0 fully saturated rings. The number of methoxy groups -OCH3 is 2. The highest BCUT2D eigenvalue weighted by Gasteiger charge is 2.20. The monoisotopic (exact) mass is 316 g/mol. The lowest BCUT2D eigenvalue weighted by Crippen LogP contribution is -2.35. The molecule has 0 aliphatic rings. The summed E-state index contributed by atoms with van der Waals surface area (Å²) in [6, 6.07) is 3.72. The Morgan fingerprint density at radius 1 is 1.24 bits per heavy atom. The quantitative estimate of drug-likeness (QED) is 0.444. The molecule has 0 spiro atoms. The van der Waals surface area contributed by atoms with Crippen molar-refractivity contribution in [1.82, 2.24) is 0 Å². The Kier molecular flexibility index (Phi) is 5.92. The second-order valence-corrected chi connectivity index (χ2v) is 4.31. The largest absolute Gasteiger partial charge is 0.468 e. The van der Waals surface area contributed by atoms with Crippen LogP contribution < -0.4 is 4.90 Å². The maximum Gasteiger partial charge on any atom is 0.325 e. The topological polar surface area (TPSA) is 99.0 Å². The number of esters is 2. The van der Waals surface area contributed by atoms with Gasteiger partial charge in [-0.1, -0.05) is 11.6 Å². The fraction of sp³-hybridized carbons (Fsp3) is 0.333. The zero-order valence-corrected chi connectivity index (χ0v) is 12.1. The molecular weight excluding hydrogens is 304 g/mol. The first-order valence-corrected chi connectivity index (χ1v) is 6.09. The standard InChI is InChI=1S/C12H13ClN2O6/c1-20-11(16)6-14(7-12(17)21-2)10-4-3-8(15(18)19)5-9(10)13/h3-5H,6-7H2,1-2H3. The minimum absolute atomic E-state index is 0.0389. The number of ether oxygens (including phenoxy) is 2. The number of carbonyl (C=O) groups excluding carboxylic acids is 2. The predicted molar refractivity (Wildman–Crippen MR) is 74.4 cm³/mol. The van der Waals surface area contributed by atoms with E-state index < -0.39 is 16.9 Å². The average Bonchev–Trinajstić information content (AvgIpc) is 2.45. The van der Waals surface area contributed by atoms with Crippen LogP contribution >= 0.6 is 11.6 Å². The fourth-order valence-corrected chi connectivity index (χ4v) is 1.83. The zero-order valence-electron chi connectivity index (χ0n) is 11.4. The van der Waals surface area contributed by atoms with Crippen molar-refractivity contribution in [2.24, 2.45) is 0 Å². The molecule has 0 bridgehead atoms. The number of nitro benzene ring substituents is 1. The Morgan fingerprint density at radius 3 is 2.14 bits per heavy atom. The van der Waals surface area contributed by atoms with Crippen LogP contribution in [0.25, 0.3) is 0 Å². The van der Waals surface area contributed by atoms with Crippen molar-refractivity contribution in [3.05, 3.63) is 33.3 Å². The molecule has 0 N–H and O–H groups in total. The summed E-state index contributed by atoms with van der Waals surface area (Å²) in [5, 5.41) is 10.7. The molecule has 0 saturated carbocycles. The normalized spacial score (nSPS) is 9.86. The number of benzene rings is 1. The molecular formula is C12H13ClN2O6. The number of rotatable bonds is 6. The van der Waals surface area contributed by atoms with Crippen LogP contribution in [0.1, 0.15) is 0 Å². The van der Waals surface area contributed by atoms with Crippen LogP contribution in [0, 0.1) is 10.1 Å². The molecule has 0 aliphatic carbocycles. The molecule has 0 unspecified atom stereocenters. The van der Waals surface area contributed by atoms with Crippen molar-refractivity contribution < 1.29 is 24.0 Å². The lowest BCUT2D eigenvalue weighted by atomic mass is 10.2. The number of halogens is 1. The minimum atomic E-state index is -0.597. The van der Waals surface area contributed by atoms with Gasteiger partial charge in [0.2, 0.25) is 0 Å². The van der Waals surface area contributed by atoms with E-state index in [-0.39, 0.29) is 29.5 Å². The number of carbonyl (C=O) groups is 2. The maximum absolute atomic E-state index is 11.4. The third-order valence-corrected chi connectivity index (χ3v) is 2.88. The van der Waals surface area contributed by atoms with Gasteiger partial charge in [-0.2, -0.15) is 0 Å². The van der Waals surface area contributed by atoms with E-state index in [0.717, 1.165) is 6.07 Å². The van der Waals surface area contributed by atoms with Crippen LogP contribution in [0.2, 0.25) is 5.02 Å². The van der Waals surface area contributed by atoms with E-state index in [1.165, 1.54) is 31.3 Å². The van der Waals surface area contributed by atoms with E-state index in [0.29, 0.717) is 0 Å². The SMILES string of the molecule is COC(=O)CN(CC(=O)OC)c1ccc([N+](=O)[O-])cc1Cl. The first-order valence-electron chi connectivity index (χ1n) is 5.71. The van der Waals surface area contributed by atoms with Crippen LogP contribution in [-0.2, 0) is 19.1 Å². The van der Waals surface area contributed by atoms with E-state index in [9.17, 15) is 19.7 Å². The van der Waals surface area contributed by atoms with Crippen molar-refractivity contribution in [3.63, 3.8) is 0 Å². The minimum Gasteiger partial charge on any atom is -0.468 e. The first kappa shape index (κ1) is 16.7. The molecule has 9 heteroatoms. The van der Waals surface area contributed by atoms with Crippen LogP contribution in [0.4, 0.5) is 11.4 Å². The molecule has 0 aromatic heterocycles. The van der Waals surface area contributed by atoms with Gasteiger partial charge in [0.25, 0.3) is 5.69 Å². The number of anilines is 1.